The van der Waals surface area contributed by atoms with Crippen molar-refractivity contribution in [2.24, 2.45) is 5.41 Å². The zero-order valence-electron chi connectivity index (χ0n) is 11.1. The van der Waals surface area contributed by atoms with Crippen LogP contribution in [-0.4, -0.2) is 24.0 Å². The summed E-state index contributed by atoms with van der Waals surface area (Å²) in [6.45, 7) is 5.04. The summed E-state index contributed by atoms with van der Waals surface area (Å²) in [5, 5.41) is -0.529. The first-order valence-electron chi connectivity index (χ1n) is 5.74. The Morgan fingerprint density at radius 2 is 1.74 bits per heavy atom. The molecule has 6 heteroatoms. The molecule has 19 heavy (non-hydrogen) atoms. The number of carbonyl (C=O) groups is 1. The highest BCUT2D eigenvalue weighted by Crippen LogP contribution is 2.20. The number of nitrogens with zero attached hydrogens (tertiary/aromatic N) is 2. The van der Waals surface area contributed by atoms with Crippen LogP contribution >= 0.6 is 0 Å². The van der Waals surface area contributed by atoms with Gasteiger partial charge in [-0.2, -0.15) is 4.79 Å². The third-order valence-electron chi connectivity index (χ3n) is 2.62. The zero-order chi connectivity index (χ0) is 14.7. The third kappa shape index (κ3) is 3.59. The molecule has 0 atom stereocenters. The molecule has 0 amide bonds. The van der Waals surface area contributed by atoms with Gasteiger partial charge in [0.1, 0.15) is 6.42 Å². The van der Waals surface area contributed by atoms with E-state index < -0.39 is 26.7 Å². The molecule has 1 rings (SSSR count). The van der Waals surface area contributed by atoms with Crippen molar-refractivity contribution in [2.75, 3.05) is 0 Å². The largest absolute Gasteiger partial charge is 0.393 e. The van der Waals surface area contributed by atoms with Crippen LogP contribution in [0, 0.1) is 5.41 Å². The number of hydrogen-bond acceptors (Lipinski definition) is 3. The number of rotatable bonds is 3. The van der Waals surface area contributed by atoms with Gasteiger partial charge in [0.05, 0.1) is 4.90 Å². The molecule has 1 aromatic rings. The Labute approximate surface area is 112 Å². The number of carbonyl (C=O) groups excluding carboxylic acids is 1. The topological polar surface area (TPSA) is 87.6 Å². The molecule has 1 aromatic carbocycles. The van der Waals surface area contributed by atoms with E-state index in [-0.39, 0.29) is 10.7 Å². The second-order valence-electron chi connectivity index (χ2n) is 5.16. The predicted octanol–water partition coefficient (Wildman–Crippen LogP) is 2.09. The van der Waals surface area contributed by atoms with Crippen LogP contribution in [0.2, 0.25) is 0 Å². The van der Waals surface area contributed by atoms with E-state index in [1.807, 2.05) is 0 Å². The van der Waals surface area contributed by atoms with Crippen LogP contribution in [0.15, 0.2) is 35.2 Å². The second kappa shape index (κ2) is 5.47. The molecule has 5 nitrogen and oxygen atoms in total. The van der Waals surface area contributed by atoms with Gasteiger partial charge in [-0.15, -0.1) is 0 Å². The molecule has 0 radical (unpaired) electrons. The minimum Gasteiger partial charge on any atom is -0.360 e. The van der Waals surface area contributed by atoms with Crippen LogP contribution < -0.4 is 0 Å². The number of Topliss-reactive ketones (excluding diaryl/α,β-unsaturated/α-hetero) is 1. The molecule has 0 aliphatic rings. The third-order valence-corrected chi connectivity index (χ3v) is 4.36. The lowest BCUT2D eigenvalue weighted by Gasteiger charge is -2.14. The average molecular weight is 280 g/mol. The van der Waals surface area contributed by atoms with Crippen LogP contribution in [0.4, 0.5) is 0 Å². The summed E-state index contributed by atoms with van der Waals surface area (Å²) in [5.41, 5.74) is 8.20. The number of benzene rings is 1. The summed E-state index contributed by atoms with van der Waals surface area (Å²) in [6, 6.07) is 7.58. The van der Waals surface area contributed by atoms with Crippen LogP contribution in [0.25, 0.3) is 5.53 Å². The van der Waals surface area contributed by atoms with Crippen LogP contribution in [0.3, 0.4) is 0 Å². The lowest BCUT2D eigenvalue weighted by Crippen LogP contribution is -2.27. The van der Waals surface area contributed by atoms with Crippen molar-refractivity contribution < 1.29 is 18.0 Å². The standard InChI is InChI=1S/C13H16N2O3S/c1-13(2,3)11(16)9-12(15-14)19(17,18)10-7-5-4-6-8-10/h4-8H,9H2,1-3H3. The summed E-state index contributed by atoms with van der Waals surface area (Å²) in [5.74, 6) is -0.306. The maximum Gasteiger partial charge on any atom is 0.393 e. The van der Waals surface area contributed by atoms with Crippen molar-refractivity contribution in [1.29, 1.82) is 0 Å². The monoisotopic (exact) mass is 280 g/mol. The van der Waals surface area contributed by atoms with E-state index in [1.165, 1.54) is 12.1 Å². The second-order valence-corrected chi connectivity index (χ2v) is 7.11. The van der Waals surface area contributed by atoms with Gasteiger partial charge in [-0.3, -0.25) is 4.79 Å². The highest BCUT2D eigenvalue weighted by Gasteiger charge is 2.35. The molecule has 0 saturated carbocycles. The number of ketones is 1. The summed E-state index contributed by atoms with van der Waals surface area (Å²) in [6.07, 6.45) is -0.419. The van der Waals surface area contributed by atoms with Gasteiger partial charge in [-0.25, -0.2) is 8.42 Å². The van der Waals surface area contributed by atoms with Crippen molar-refractivity contribution in [1.82, 2.24) is 0 Å². The first-order valence-corrected chi connectivity index (χ1v) is 7.22. The summed E-state index contributed by atoms with van der Waals surface area (Å²) in [7, 11) is -3.93. The van der Waals surface area contributed by atoms with E-state index in [0.717, 1.165) is 0 Å². The molecule has 0 saturated heterocycles. The molecule has 0 aliphatic heterocycles. The van der Waals surface area contributed by atoms with Crippen molar-refractivity contribution in [2.45, 2.75) is 32.1 Å². The maximum absolute atomic E-state index is 12.2. The minimum atomic E-state index is -3.93. The van der Waals surface area contributed by atoms with E-state index in [1.54, 1.807) is 39.0 Å². The van der Waals surface area contributed by atoms with E-state index in [2.05, 4.69) is 4.79 Å². The Kier molecular flexibility index (Phi) is 4.39. The summed E-state index contributed by atoms with van der Waals surface area (Å²) in [4.78, 5) is 14.7. The van der Waals surface area contributed by atoms with Gasteiger partial charge in [-0.1, -0.05) is 39.0 Å². The smallest absolute Gasteiger partial charge is 0.360 e. The van der Waals surface area contributed by atoms with Crippen molar-refractivity contribution in [3.05, 3.63) is 35.9 Å². The molecular weight excluding hydrogens is 264 g/mol. The minimum absolute atomic E-state index is 0.00418. The van der Waals surface area contributed by atoms with Gasteiger partial charge in [-0.05, 0) is 12.1 Å². The Hall–Kier alpha value is -1.78. The van der Waals surface area contributed by atoms with Crippen molar-refractivity contribution in [3.63, 3.8) is 0 Å². The maximum atomic E-state index is 12.2. The van der Waals surface area contributed by atoms with Crippen LogP contribution in [0.5, 0.6) is 0 Å². The summed E-state index contributed by atoms with van der Waals surface area (Å²) >= 11 is 0. The van der Waals surface area contributed by atoms with E-state index >= 15 is 0 Å². The molecular formula is C13H16N2O3S. The van der Waals surface area contributed by atoms with Gasteiger partial charge in [0.2, 0.25) is 0 Å². The number of sulfone groups is 1. The first-order chi connectivity index (χ1) is 8.69. The molecule has 0 N–H and O–H groups in total. The predicted molar refractivity (Wildman–Crippen MR) is 71.3 cm³/mol. The van der Waals surface area contributed by atoms with Gasteiger partial charge >= 0.3 is 5.04 Å². The van der Waals surface area contributed by atoms with E-state index in [0.29, 0.717) is 0 Å². The Morgan fingerprint density at radius 1 is 1.21 bits per heavy atom. The lowest BCUT2D eigenvalue weighted by atomic mass is 9.89. The quantitative estimate of drug-likeness (QED) is 0.367. The molecule has 0 aliphatic carbocycles. The Bertz CT molecular complexity index is 622. The van der Waals surface area contributed by atoms with Crippen LogP contribution in [-0.2, 0) is 14.6 Å². The molecule has 0 heterocycles. The molecule has 0 spiro atoms. The van der Waals surface area contributed by atoms with Crippen LogP contribution in [0.1, 0.15) is 27.2 Å². The molecule has 0 bridgehead atoms. The fourth-order valence-corrected chi connectivity index (χ4v) is 2.54. The summed E-state index contributed by atoms with van der Waals surface area (Å²) < 4.78 is 24.4. The fraction of sp³-hybridized carbons (Fsp3) is 0.385. The molecule has 0 aromatic heterocycles. The lowest BCUT2D eigenvalue weighted by molar-refractivity contribution is -0.125. The number of hydrogen-bond donors (Lipinski definition) is 0. The highest BCUT2D eigenvalue weighted by atomic mass is 32.2. The van der Waals surface area contributed by atoms with Gasteiger partial charge in [0, 0.05) is 5.41 Å². The zero-order valence-corrected chi connectivity index (χ0v) is 11.9. The average Bonchev–Trinajstić information content (AvgIpc) is 2.35. The normalized spacial score (nSPS) is 11.7. The van der Waals surface area contributed by atoms with Gasteiger partial charge in [0.25, 0.3) is 9.84 Å². The fourth-order valence-electron chi connectivity index (χ4n) is 1.32. The first kappa shape index (κ1) is 15.3. The van der Waals surface area contributed by atoms with Crippen molar-refractivity contribution >= 4 is 20.7 Å². The molecule has 102 valence electrons. The highest BCUT2D eigenvalue weighted by molar-refractivity contribution is 8.06. The Morgan fingerprint density at radius 3 is 2.16 bits per heavy atom. The molecule has 0 fully saturated rings. The van der Waals surface area contributed by atoms with Gasteiger partial charge < -0.3 is 5.53 Å². The van der Waals surface area contributed by atoms with E-state index in [9.17, 15) is 13.2 Å². The van der Waals surface area contributed by atoms with Gasteiger partial charge in [0.15, 0.2) is 5.78 Å². The van der Waals surface area contributed by atoms with Crippen molar-refractivity contribution in [3.8, 4) is 0 Å². The van der Waals surface area contributed by atoms with E-state index in [4.69, 9.17) is 5.53 Å². The Balaban J connectivity index is 3.14. The SMILES string of the molecule is CC(C)(C)C(=O)CC(=[N+]=[N-])S(=O)(=O)c1ccccc1. The molecule has 0 unspecified atom stereocenters.